The first-order valence-electron chi connectivity index (χ1n) is 8.73. The molecule has 2 aromatic heterocycles. The Bertz CT molecular complexity index is 858. The van der Waals surface area contributed by atoms with E-state index in [1.54, 1.807) is 18.0 Å². The number of methoxy groups -OCH3 is 1. The number of benzene rings is 1. The van der Waals surface area contributed by atoms with Crippen molar-refractivity contribution in [1.82, 2.24) is 24.7 Å². The summed E-state index contributed by atoms with van der Waals surface area (Å²) in [6.45, 7) is 5.37. The van der Waals surface area contributed by atoms with Crippen molar-refractivity contribution < 1.29 is 9.47 Å². The molecule has 4 rings (SSSR count). The molecule has 1 fully saturated rings. The Morgan fingerprint density at radius 1 is 1.19 bits per heavy atom. The zero-order valence-electron chi connectivity index (χ0n) is 14.8. The predicted octanol–water partition coefficient (Wildman–Crippen LogP) is 1.54. The van der Waals surface area contributed by atoms with Gasteiger partial charge in [-0.15, -0.1) is 10.2 Å². The lowest BCUT2D eigenvalue weighted by molar-refractivity contribution is 0.0398. The standard InChI is InChI=1S/C18H22N6O2/c1-25-15-4-2-14(3-5-15)16-12-17(18-21-20-13-24(18)22-16)19-6-7-23-8-10-26-11-9-23/h2-5,12-13,19H,6-11H2,1H3. The van der Waals surface area contributed by atoms with E-state index in [0.717, 1.165) is 67.7 Å². The molecule has 136 valence electrons. The molecule has 26 heavy (non-hydrogen) atoms. The SMILES string of the molecule is COc1ccc(-c2cc(NCCN3CCOCC3)c3nncn3n2)cc1. The molecule has 8 nitrogen and oxygen atoms in total. The van der Waals surface area contributed by atoms with E-state index in [2.05, 4.69) is 25.5 Å². The fraction of sp³-hybridized carbons (Fsp3) is 0.389. The Balaban J connectivity index is 1.53. The molecule has 3 aromatic rings. The highest BCUT2D eigenvalue weighted by Crippen LogP contribution is 2.24. The third kappa shape index (κ3) is 3.61. The zero-order valence-corrected chi connectivity index (χ0v) is 14.8. The molecule has 1 saturated heterocycles. The number of rotatable bonds is 6. The van der Waals surface area contributed by atoms with Crippen LogP contribution in [-0.4, -0.2) is 71.2 Å². The number of morpholine rings is 1. The molecular formula is C18H22N6O2. The smallest absolute Gasteiger partial charge is 0.200 e. The Morgan fingerprint density at radius 3 is 2.77 bits per heavy atom. The summed E-state index contributed by atoms with van der Waals surface area (Å²) in [7, 11) is 1.66. The lowest BCUT2D eigenvalue weighted by Crippen LogP contribution is -2.39. The predicted molar refractivity (Wildman–Crippen MR) is 98.5 cm³/mol. The minimum absolute atomic E-state index is 0.726. The number of nitrogens with zero attached hydrogens (tertiary/aromatic N) is 5. The third-order valence-electron chi connectivity index (χ3n) is 4.50. The van der Waals surface area contributed by atoms with Crippen LogP contribution in [0.5, 0.6) is 5.75 Å². The Hall–Kier alpha value is -2.71. The van der Waals surface area contributed by atoms with Crippen molar-refractivity contribution in [3.63, 3.8) is 0 Å². The molecule has 0 radical (unpaired) electrons. The Labute approximate surface area is 151 Å². The largest absolute Gasteiger partial charge is 0.497 e. The molecule has 0 atom stereocenters. The summed E-state index contributed by atoms with van der Waals surface area (Å²) >= 11 is 0. The van der Waals surface area contributed by atoms with E-state index in [4.69, 9.17) is 9.47 Å². The van der Waals surface area contributed by atoms with Crippen molar-refractivity contribution >= 4 is 11.3 Å². The molecule has 1 aliphatic rings. The quantitative estimate of drug-likeness (QED) is 0.719. The van der Waals surface area contributed by atoms with E-state index in [1.165, 1.54) is 0 Å². The highest BCUT2D eigenvalue weighted by atomic mass is 16.5. The van der Waals surface area contributed by atoms with Gasteiger partial charge in [-0.25, -0.2) is 0 Å². The second-order valence-electron chi connectivity index (χ2n) is 6.15. The van der Waals surface area contributed by atoms with Gasteiger partial charge in [0.25, 0.3) is 0 Å². The summed E-state index contributed by atoms with van der Waals surface area (Å²) in [6.07, 6.45) is 1.62. The van der Waals surface area contributed by atoms with Gasteiger partial charge in [0.05, 0.1) is 31.7 Å². The molecule has 0 spiro atoms. The molecule has 0 aliphatic carbocycles. The number of aromatic nitrogens is 4. The van der Waals surface area contributed by atoms with Crippen molar-refractivity contribution in [2.24, 2.45) is 0 Å². The second-order valence-corrected chi connectivity index (χ2v) is 6.15. The Morgan fingerprint density at radius 2 is 2.00 bits per heavy atom. The summed E-state index contributed by atoms with van der Waals surface area (Å²) in [4.78, 5) is 2.39. The molecule has 0 unspecified atom stereocenters. The van der Waals surface area contributed by atoms with Gasteiger partial charge < -0.3 is 14.8 Å². The van der Waals surface area contributed by atoms with Gasteiger partial charge in [-0.05, 0) is 30.3 Å². The van der Waals surface area contributed by atoms with E-state index < -0.39 is 0 Å². The number of hydrogen-bond acceptors (Lipinski definition) is 7. The molecule has 8 heteroatoms. The van der Waals surface area contributed by atoms with Gasteiger partial charge in [-0.2, -0.15) is 9.61 Å². The maximum absolute atomic E-state index is 5.39. The molecule has 0 saturated carbocycles. The molecule has 1 aromatic carbocycles. The van der Waals surface area contributed by atoms with Crippen molar-refractivity contribution in [2.75, 3.05) is 51.8 Å². The summed E-state index contributed by atoms with van der Waals surface area (Å²) in [6, 6.07) is 9.87. The van der Waals surface area contributed by atoms with Gasteiger partial charge in [-0.1, -0.05) is 0 Å². The van der Waals surface area contributed by atoms with Crippen LogP contribution in [-0.2, 0) is 4.74 Å². The number of anilines is 1. The maximum Gasteiger partial charge on any atom is 0.200 e. The fourth-order valence-electron chi connectivity index (χ4n) is 3.03. The van der Waals surface area contributed by atoms with Gasteiger partial charge in [-0.3, -0.25) is 4.90 Å². The van der Waals surface area contributed by atoms with Crippen molar-refractivity contribution in [3.8, 4) is 17.0 Å². The van der Waals surface area contributed by atoms with Gasteiger partial charge in [0, 0.05) is 31.7 Å². The van der Waals surface area contributed by atoms with Crippen LogP contribution in [0.15, 0.2) is 36.7 Å². The number of hydrogen-bond donors (Lipinski definition) is 1. The minimum atomic E-state index is 0.726. The monoisotopic (exact) mass is 354 g/mol. The summed E-state index contributed by atoms with van der Waals surface area (Å²) in [5.41, 5.74) is 3.52. The van der Waals surface area contributed by atoms with Crippen LogP contribution in [0.1, 0.15) is 0 Å². The first-order chi connectivity index (χ1) is 12.8. The van der Waals surface area contributed by atoms with E-state index in [-0.39, 0.29) is 0 Å². The number of nitrogens with one attached hydrogen (secondary N) is 1. The van der Waals surface area contributed by atoms with E-state index in [0.29, 0.717) is 0 Å². The van der Waals surface area contributed by atoms with E-state index >= 15 is 0 Å². The first-order valence-corrected chi connectivity index (χ1v) is 8.73. The normalized spacial score (nSPS) is 15.3. The average Bonchev–Trinajstić information content (AvgIpc) is 3.18. The van der Waals surface area contributed by atoms with Crippen molar-refractivity contribution in [3.05, 3.63) is 36.7 Å². The molecule has 0 bridgehead atoms. The van der Waals surface area contributed by atoms with Crippen LogP contribution in [0.4, 0.5) is 5.69 Å². The van der Waals surface area contributed by atoms with Crippen LogP contribution < -0.4 is 10.1 Å². The van der Waals surface area contributed by atoms with Crippen LogP contribution in [0, 0.1) is 0 Å². The number of ether oxygens (including phenoxy) is 2. The highest BCUT2D eigenvalue weighted by Gasteiger charge is 2.12. The lowest BCUT2D eigenvalue weighted by atomic mass is 10.1. The molecule has 3 heterocycles. The van der Waals surface area contributed by atoms with Gasteiger partial charge in [0.2, 0.25) is 5.65 Å². The first kappa shape index (κ1) is 16.7. The van der Waals surface area contributed by atoms with Crippen molar-refractivity contribution in [1.29, 1.82) is 0 Å². The summed E-state index contributed by atoms with van der Waals surface area (Å²) < 4.78 is 12.3. The number of fused-ring (bicyclic) bond motifs is 1. The van der Waals surface area contributed by atoms with Crippen LogP contribution in [0.25, 0.3) is 16.9 Å². The maximum atomic E-state index is 5.39. The molecule has 0 amide bonds. The van der Waals surface area contributed by atoms with E-state index in [1.807, 2.05) is 30.3 Å². The molecular weight excluding hydrogens is 332 g/mol. The minimum Gasteiger partial charge on any atom is -0.497 e. The second kappa shape index (κ2) is 7.67. The van der Waals surface area contributed by atoms with Crippen LogP contribution in [0.3, 0.4) is 0 Å². The Kier molecular flexibility index (Phi) is 4.94. The van der Waals surface area contributed by atoms with Gasteiger partial charge >= 0.3 is 0 Å². The van der Waals surface area contributed by atoms with E-state index in [9.17, 15) is 0 Å². The van der Waals surface area contributed by atoms with Gasteiger partial charge in [0.15, 0.2) is 0 Å². The summed E-state index contributed by atoms with van der Waals surface area (Å²) in [5, 5.41) is 16.3. The lowest BCUT2D eigenvalue weighted by Gasteiger charge is -2.26. The van der Waals surface area contributed by atoms with Crippen LogP contribution >= 0.6 is 0 Å². The average molecular weight is 354 g/mol. The fourth-order valence-corrected chi connectivity index (χ4v) is 3.03. The molecule has 1 aliphatic heterocycles. The van der Waals surface area contributed by atoms with Crippen LogP contribution in [0.2, 0.25) is 0 Å². The molecule has 1 N–H and O–H groups in total. The highest BCUT2D eigenvalue weighted by molar-refractivity contribution is 5.73. The van der Waals surface area contributed by atoms with Gasteiger partial charge in [0.1, 0.15) is 12.1 Å². The summed E-state index contributed by atoms with van der Waals surface area (Å²) in [5.74, 6) is 0.822. The zero-order chi connectivity index (χ0) is 17.8. The van der Waals surface area contributed by atoms with Crippen molar-refractivity contribution in [2.45, 2.75) is 0 Å². The third-order valence-corrected chi connectivity index (χ3v) is 4.50. The topological polar surface area (TPSA) is 76.8 Å².